The van der Waals surface area contributed by atoms with E-state index in [1.165, 1.54) is 0 Å². The first kappa shape index (κ1) is 14.7. The van der Waals surface area contributed by atoms with Gasteiger partial charge in [0.25, 0.3) is 0 Å². The van der Waals surface area contributed by atoms with Crippen LogP contribution in [0.15, 0.2) is 36.0 Å². The third kappa shape index (κ3) is 3.03. The Morgan fingerprint density at radius 3 is 2.91 bits per heavy atom. The number of nitrogens with zero attached hydrogens (tertiary/aromatic N) is 2. The number of aromatic nitrogens is 2. The largest absolute Gasteiger partial charge is 0.488 e. The average Bonchev–Trinajstić information content (AvgIpc) is 3.02. The molecule has 0 fully saturated rings. The van der Waals surface area contributed by atoms with Crippen molar-refractivity contribution in [2.75, 3.05) is 19.5 Å². The Kier molecular flexibility index (Phi) is 4.22. The molecule has 0 aliphatic heterocycles. The van der Waals surface area contributed by atoms with E-state index in [4.69, 9.17) is 15.2 Å². The Morgan fingerprint density at radius 1 is 1.32 bits per heavy atom. The summed E-state index contributed by atoms with van der Waals surface area (Å²) in [5.41, 5.74) is 10.1. The highest BCUT2D eigenvalue weighted by atomic mass is 32.1. The van der Waals surface area contributed by atoms with E-state index in [1.54, 1.807) is 30.2 Å². The van der Waals surface area contributed by atoms with E-state index in [-0.39, 0.29) is 6.10 Å². The summed E-state index contributed by atoms with van der Waals surface area (Å²) < 4.78 is 11.2. The lowest BCUT2D eigenvalue weighted by Gasteiger charge is -2.16. The molecule has 3 aromatic rings. The molecule has 6 heteroatoms. The van der Waals surface area contributed by atoms with Gasteiger partial charge in [0.1, 0.15) is 11.9 Å². The Bertz CT molecular complexity index is 774. The van der Waals surface area contributed by atoms with Gasteiger partial charge in [0.05, 0.1) is 28.2 Å². The molecule has 2 aromatic heterocycles. The first-order valence-electron chi connectivity index (χ1n) is 6.92. The molecule has 0 aliphatic rings. The minimum Gasteiger partial charge on any atom is -0.488 e. The number of pyridine rings is 1. The highest BCUT2D eigenvalue weighted by Gasteiger charge is 2.12. The van der Waals surface area contributed by atoms with Crippen molar-refractivity contribution < 1.29 is 9.47 Å². The quantitative estimate of drug-likeness (QED) is 0.731. The van der Waals surface area contributed by atoms with Crippen molar-refractivity contribution >= 4 is 27.9 Å². The summed E-state index contributed by atoms with van der Waals surface area (Å²) in [7, 11) is 1.66. The zero-order valence-corrected chi connectivity index (χ0v) is 13.3. The molecular weight excluding hydrogens is 298 g/mol. The van der Waals surface area contributed by atoms with Gasteiger partial charge in [-0.3, -0.25) is 4.98 Å². The van der Waals surface area contributed by atoms with Crippen molar-refractivity contribution in [1.29, 1.82) is 0 Å². The predicted octanol–water partition coefficient (Wildman–Crippen LogP) is 3.35. The number of nitrogen functional groups attached to an aromatic ring is 1. The molecule has 1 atom stereocenters. The third-order valence-corrected chi connectivity index (χ3v) is 4.00. The summed E-state index contributed by atoms with van der Waals surface area (Å²) >= 11 is 1.55. The molecule has 2 heterocycles. The summed E-state index contributed by atoms with van der Waals surface area (Å²) in [6.07, 6.45) is 1.74. The van der Waals surface area contributed by atoms with Crippen LogP contribution in [0.2, 0.25) is 0 Å². The Hall–Kier alpha value is -2.18. The van der Waals surface area contributed by atoms with Crippen LogP contribution in [0.5, 0.6) is 5.75 Å². The minimum absolute atomic E-state index is 0.0636. The number of hydrogen-bond donors (Lipinski definition) is 1. The van der Waals surface area contributed by atoms with E-state index in [1.807, 2.05) is 31.2 Å². The summed E-state index contributed by atoms with van der Waals surface area (Å²) in [6, 6.07) is 7.56. The molecule has 114 valence electrons. The molecule has 1 aromatic carbocycles. The zero-order chi connectivity index (χ0) is 15.5. The fraction of sp³-hybridized carbons (Fsp3) is 0.250. The number of benzene rings is 1. The van der Waals surface area contributed by atoms with Gasteiger partial charge in [0, 0.05) is 30.4 Å². The van der Waals surface area contributed by atoms with Crippen molar-refractivity contribution in [3.63, 3.8) is 0 Å². The van der Waals surface area contributed by atoms with Crippen LogP contribution in [0.1, 0.15) is 6.92 Å². The second-order valence-corrected chi connectivity index (χ2v) is 5.92. The molecule has 2 N–H and O–H groups in total. The van der Waals surface area contributed by atoms with Crippen molar-refractivity contribution in [2.45, 2.75) is 13.0 Å². The topological polar surface area (TPSA) is 70.3 Å². The van der Waals surface area contributed by atoms with Crippen LogP contribution in [0, 0.1) is 0 Å². The van der Waals surface area contributed by atoms with E-state index < -0.39 is 0 Å². The van der Waals surface area contributed by atoms with Crippen LogP contribution in [-0.2, 0) is 4.74 Å². The number of thiazole rings is 1. The van der Waals surface area contributed by atoms with Crippen LogP contribution in [0.4, 0.5) is 5.69 Å². The van der Waals surface area contributed by atoms with Gasteiger partial charge in [0.2, 0.25) is 0 Å². The minimum atomic E-state index is -0.0636. The lowest BCUT2D eigenvalue weighted by Crippen LogP contribution is -2.18. The van der Waals surface area contributed by atoms with Gasteiger partial charge in [-0.25, -0.2) is 4.98 Å². The van der Waals surface area contributed by atoms with Gasteiger partial charge < -0.3 is 15.2 Å². The molecule has 0 radical (unpaired) electrons. The fourth-order valence-electron chi connectivity index (χ4n) is 2.26. The van der Waals surface area contributed by atoms with Crippen molar-refractivity contribution in [3.05, 3.63) is 36.0 Å². The highest BCUT2D eigenvalue weighted by molar-refractivity contribution is 7.13. The second kappa shape index (κ2) is 6.29. The standard InChI is InChI=1S/C16H17N3O2S/c1-10(8-20-2)21-15-6-14(16-7-18-9-22-16)19-13-4-3-11(17)5-12(13)15/h3-7,9-10H,8,17H2,1-2H3. The van der Waals surface area contributed by atoms with Crippen LogP contribution in [0.3, 0.4) is 0 Å². The van der Waals surface area contributed by atoms with Gasteiger partial charge in [-0.2, -0.15) is 0 Å². The monoisotopic (exact) mass is 315 g/mol. The molecule has 3 rings (SSSR count). The first-order valence-corrected chi connectivity index (χ1v) is 7.80. The average molecular weight is 315 g/mol. The maximum Gasteiger partial charge on any atom is 0.131 e. The van der Waals surface area contributed by atoms with E-state index in [0.717, 1.165) is 27.2 Å². The molecule has 0 saturated heterocycles. The van der Waals surface area contributed by atoms with Gasteiger partial charge >= 0.3 is 0 Å². The molecule has 0 amide bonds. The number of anilines is 1. The van der Waals surface area contributed by atoms with E-state index in [2.05, 4.69) is 9.97 Å². The molecule has 0 spiro atoms. The third-order valence-electron chi connectivity index (χ3n) is 3.21. The number of fused-ring (bicyclic) bond motifs is 1. The maximum atomic E-state index is 6.03. The van der Waals surface area contributed by atoms with Gasteiger partial charge in [-0.1, -0.05) is 0 Å². The molecule has 0 saturated carbocycles. The van der Waals surface area contributed by atoms with E-state index >= 15 is 0 Å². The second-order valence-electron chi connectivity index (χ2n) is 5.03. The normalized spacial score (nSPS) is 12.5. The summed E-state index contributed by atoms with van der Waals surface area (Å²) in [6.45, 7) is 2.48. The number of hydrogen-bond acceptors (Lipinski definition) is 6. The predicted molar refractivity (Wildman–Crippen MR) is 89.2 cm³/mol. The fourth-order valence-corrected chi connectivity index (χ4v) is 2.85. The lowest BCUT2D eigenvalue weighted by molar-refractivity contribution is 0.0931. The Morgan fingerprint density at radius 2 is 2.18 bits per heavy atom. The number of methoxy groups -OCH3 is 1. The smallest absolute Gasteiger partial charge is 0.131 e. The van der Waals surface area contributed by atoms with Gasteiger partial charge in [-0.05, 0) is 25.1 Å². The molecule has 5 nitrogen and oxygen atoms in total. The molecule has 0 bridgehead atoms. The van der Waals surface area contributed by atoms with Crippen molar-refractivity contribution in [1.82, 2.24) is 9.97 Å². The van der Waals surface area contributed by atoms with Crippen LogP contribution < -0.4 is 10.5 Å². The number of nitrogens with two attached hydrogens (primary N) is 1. The Labute approximate surface area is 132 Å². The zero-order valence-electron chi connectivity index (χ0n) is 12.4. The van der Waals surface area contributed by atoms with Gasteiger partial charge in [-0.15, -0.1) is 11.3 Å². The van der Waals surface area contributed by atoms with Crippen LogP contribution in [-0.4, -0.2) is 29.8 Å². The molecule has 1 unspecified atom stereocenters. The SMILES string of the molecule is COCC(C)Oc1cc(-c2cncs2)nc2ccc(N)cc12. The van der Waals surface area contributed by atoms with E-state index in [9.17, 15) is 0 Å². The number of rotatable bonds is 5. The van der Waals surface area contributed by atoms with Crippen LogP contribution >= 0.6 is 11.3 Å². The molecule has 0 aliphatic carbocycles. The Balaban J connectivity index is 2.11. The molecule has 22 heavy (non-hydrogen) atoms. The van der Waals surface area contributed by atoms with Crippen LogP contribution in [0.25, 0.3) is 21.5 Å². The summed E-state index contributed by atoms with van der Waals surface area (Å²) in [4.78, 5) is 9.79. The first-order chi connectivity index (χ1) is 10.7. The maximum absolute atomic E-state index is 6.03. The summed E-state index contributed by atoms with van der Waals surface area (Å²) in [5, 5.41) is 0.899. The van der Waals surface area contributed by atoms with E-state index in [0.29, 0.717) is 12.3 Å². The van der Waals surface area contributed by atoms with Gasteiger partial charge in [0.15, 0.2) is 0 Å². The van der Waals surface area contributed by atoms with Crippen molar-refractivity contribution in [2.24, 2.45) is 0 Å². The highest BCUT2D eigenvalue weighted by Crippen LogP contribution is 2.33. The summed E-state index contributed by atoms with van der Waals surface area (Å²) in [5.74, 6) is 0.755. The lowest BCUT2D eigenvalue weighted by atomic mass is 10.1. The van der Waals surface area contributed by atoms with Crippen molar-refractivity contribution in [3.8, 4) is 16.3 Å². The molecular formula is C16H17N3O2S. The number of ether oxygens (including phenoxy) is 2.